The zero-order valence-electron chi connectivity index (χ0n) is 15.6. The number of nitrogens with one attached hydrogen (secondary N) is 1. The Morgan fingerprint density at radius 1 is 1.07 bits per heavy atom. The first-order valence-corrected chi connectivity index (χ1v) is 9.71. The molecular formula is C20H16N6O3S. The Kier molecular flexibility index (Phi) is 5.31. The number of hydrogen-bond donors (Lipinski definition) is 2. The van der Waals surface area contributed by atoms with Crippen molar-refractivity contribution in [2.24, 2.45) is 5.73 Å². The molecule has 30 heavy (non-hydrogen) atoms. The highest BCUT2D eigenvalue weighted by atomic mass is 32.1. The topological polar surface area (TPSA) is 132 Å². The summed E-state index contributed by atoms with van der Waals surface area (Å²) in [6.45, 7) is 0. The number of carbonyl (C=O) groups is 3. The second-order valence-electron chi connectivity index (χ2n) is 6.46. The maximum atomic E-state index is 12.9. The van der Waals surface area contributed by atoms with Gasteiger partial charge in [-0.1, -0.05) is 12.1 Å². The molecule has 4 rings (SSSR count). The van der Waals surface area contributed by atoms with E-state index in [4.69, 9.17) is 5.73 Å². The number of hydrogen-bond acceptors (Lipinski definition) is 7. The number of rotatable bonds is 7. The summed E-state index contributed by atoms with van der Waals surface area (Å²) in [7, 11) is 0. The molecule has 4 aromatic heterocycles. The molecule has 0 saturated carbocycles. The van der Waals surface area contributed by atoms with Crippen LogP contribution in [0.25, 0.3) is 16.9 Å². The zero-order chi connectivity index (χ0) is 21.1. The molecule has 4 heterocycles. The number of carbonyl (C=O) groups excluding carboxylic acids is 3. The number of nitrogens with two attached hydrogens (primary N) is 1. The summed E-state index contributed by atoms with van der Waals surface area (Å²) >= 11 is 0.857. The summed E-state index contributed by atoms with van der Waals surface area (Å²) in [6, 6.07) is 13.4. The molecule has 0 fully saturated rings. The lowest BCUT2D eigenvalue weighted by Gasteiger charge is -2.16. The second kappa shape index (κ2) is 8.21. The smallest absolute Gasteiger partial charge is 0.287 e. The van der Waals surface area contributed by atoms with Crippen molar-refractivity contribution in [3.63, 3.8) is 0 Å². The quantitative estimate of drug-likeness (QED) is 0.433. The van der Waals surface area contributed by atoms with Crippen LogP contribution in [0.2, 0.25) is 0 Å². The second-order valence-corrected chi connectivity index (χ2v) is 6.98. The molecule has 10 heteroatoms. The van der Waals surface area contributed by atoms with E-state index in [-0.39, 0.29) is 12.1 Å². The number of amides is 2. The molecule has 150 valence electrons. The fourth-order valence-electron chi connectivity index (χ4n) is 3.11. The zero-order valence-corrected chi connectivity index (χ0v) is 16.4. The van der Waals surface area contributed by atoms with Crippen LogP contribution in [0.1, 0.15) is 16.2 Å². The Morgan fingerprint density at radius 2 is 1.90 bits per heavy atom. The van der Waals surface area contributed by atoms with Crippen LogP contribution in [0.5, 0.6) is 0 Å². The predicted octanol–water partition coefficient (Wildman–Crippen LogP) is 1.25. The highest BCUT2D eigenvalue weighted by Crippen LogP contribution is 2.20. The van der Waals surface area contributed by atoms with E-state index in [1.807, 2.05) is 40.9 Å². The third kappa shape index (κ3) is 3.80. The lowest BCUT2D eigenvalue weighted by Crippen LogP contribution is -2.47. The van der Waals surface area contributed by atoms with Crippen molar-refractivity contribution in [3.8, 4) is 11.4 Å². The summed E-state index contributed by atoms with van der Waals surface area (Å²) in [5.74, 6) is -2.65. The minimum Gasteiger partial charge on any atom is -0.363 e. The first-order valence-electron chi connectivity index (χ1n) is 8.98. The van der Waals surface area contributed by atoms with Gasteiger partial charge in [-0.2, -0.15) is 8.75 Å². The minimum atomic E-state index is -1.15. The molecule has 1 unspecified atom stereocenters. The highest BCUT2D eigenvalue weighted by molar-refractivity contribution is 6.99. The Morgan fingerprint density at radius 3 is 2.67 bits per heavy atom. The number of fused-ring (bicyclic) bond motifs is 1. The number of nitrogens with zero attached hydrogens (tertiary/aromatic N) is 4. The average Bonchev–Trinajstić information content (AvgIpc) is 3.41. The third-order valence-electron chi connectivity index (χ3n) is 4.54. The van der Waals surface area contributed by atoms with Crippen molar-refractivity contribution in [3.05, 3.63) is 72.3 Å². The molecular weight excluding hydrogens is 404 g/mol. The van der Waals surface area contributed by atoms with Crippen molar-refractivity contribution in [1.29, 1.82) is 0 Å². The Hall–Kier alpha value is -3.92. The number of ketones is 1. The van der Waals surface area contributed by atoms with Gasteiger partial charge in [-0.05, 0) is 36.4 Å². The van der Waals surface area contributed by atoms with Crippen molar-refractivity contribution in [1.82, 2.24) is 23.4 Å². The normalized spacial score (nSPS) is 11.9. The fraction of sp³-hybridized carbons (Fsp3) is 0.100. The van der Waals surface area contributed by atoms with Crippen LogP contribution < -0.4 is 11.1 Å². The summed E-state index contributed by atoms with van der Waals surface area (Å²) in [4.78, 5) is 41.1. The number of aromatic nitrogens is 4. The maximum absolute atomic E-state index is 12.9. The number of pyridine rings is 2. The van der Waals surface area contributed by atoms with Crippen LogP contribution in [-0.2, 0) is 16.0 Å². The van der Waals surface area contributed by atoms with Gasteiger partial charge in [-0.25, -0.2) is 0 Å². The van der Waals surface area contributed by atoms with Crippen molar-refractivity contribution >= 4 is 34.8 Å². The maximum Gasteiger partial charge on any atom is 0.287 e. The van der Waals surface area contributed by atoms with Gasteiger partial charge in [0.25, 0.3) is 11.8 Å². The molecule has 3 N–H and O–H groups in total. The van der Waals surface area contributed by atoms with Gasteiger partial charge in [-0.3, -0.25) is 19.4 Å². The lowest BCUT2D eigenvalue weighted by molar-refractivity contribution is -0.137. The van der Waals surface area contributed by atoms with E-state index in [0.29, 0.717) is 11.4 Å². The highest BCUT2D eigenvalue weighted by Gasteiger charge is 2.29. The van der Waals surface area contributed by atoms with Gasteiger partial charge >= 0.3 is 0 Å². The van der Waals surface area contributed by atoms with Crippen LogP contribution in [-0.4, -0.2) is 41.8 Å². The third-order valence-corrected chi connectivity index (χ3v) is 5.06. The molecule has 4 aromatic rings. The van der Waals surface area contributed by atoms with Crippen molar-refractivity contribution < 1.29 is 14.4 Å². The van der Waals surface area contributed by atoms with E-state index in [0.717, 1.165) is 22.9 Å². The van der Waals surface area contributed by atoms with Gasteiger partial charge < -0.3 is 15.5 Å². The molecule has 0 saturated heterocycles. The van der Waals surface area contributed by atoms with Gasteiger partial charge in [-0.15, -0.1) is 0 Å². The van der Waals surface area contributed by atoms with Gasteiger partial charge in [0.2, 0.25) is 5.78 Å². The molecule has 0 radical (unpaired) electrons. The molecule has 0 aromatic carbocycles. The lowest BCUT2D eigenvalue weighted by atomic mass is 10.1. The standard InChI is InChI=1S/C20H16N6O3S/c21-19(28)18(27)15(11-13-8-7-12-5-2-4-10-26(12)13)23-20(29)17-16(24-30-25-17)14-6-1-3-9-22-14/h1-10,15H,11H2,(H2,21,28)(H,23,29). The first-order chi connectivity index (χ1) is 14.5. The SMILES string of the molecule is NC(=O)C(=O)C(Cc1ccc2ccccn12)NC(=O)c1nsnc1-c1ccccn1. The number of Topliss-reactive ketones (excluding diaryl/α,β-unsaturated/α-hetero) is 1. The van der Waals surface area contributed by atoms with Crippen molar-refractivity contribution in [2.45, 2.75) is 12.5 Å². The van der Waals surface area contributed by atoms with Crippen LogP contribution >= 0.6 is 11.7 Å². The van der Waals surface area contributed by atoms with Gasteiger partial charge in [0.15, 0.2) is 5.69 Å². The molecule has 0 aliphatic carbocycles. The van der Waals surface area contributed by atoms with E-state index < -0.39 is 23.6 Å². The molecule has 0 aliphatic rings. The van der Waals surface area contributed by atoms with Gasteiger partial charge in [0, 0.05) is 30.0 Å². The molecule has 0 spiro atoms. The van der Waals surface area contributed by atoms with E-state index in [9.17, 15) is 14.4 Å². The largest absolute Gasteiger partial charge is 0.363 e. The molecule has 0 bridgehead atoms. The van der Waals surface area contributed by atoms with E-state index in [1.165, 1.54) is 0 Å². The molecule has 1 atom stereocenters. The van der Waals surface area contributed by atoms with E-state index in [1.54, 1.807) is 24.4 Å². The van der Waals surface area contributed by atoms with Gasteiger partial charge in [0.1, 0.15) is 11.7 Å². The summed E-state index contributed by atoms with van der Waals surface area (Å²) < 4.78 is 10.1. The first kappa shape index (κ1) is 19.4. The van der Waals surface area contributed by atoms with E-state index in [2.05, 4.69) is 19.0 Å². The van der Waals surface area contributed by atoms with Crippen LogP contribution in [0.15, 0.2) is 60.9 Å². The Balaban J connectivity index is 1.62. The molecule has 0 aliphatic heterocycles. The average molecular weight is 420 g/mol. The van der Waals surface area contributed by atoms with Crippen LogP contribution in [0.3, 0.4) is 0 Å². The fourth-order valence-corrected chi connectivity index (χ4v) is 3.66. The van der Waals surface area contributed by atoms with Gasteiger partial charge in [0.05, 0.1) is 17.4 Å². The molecule has 9 nitrogen and oxygen atoms in total. The Labute approximate surface area is 174 Å². The van der Waals surface area contributed by atoms with E-state index >= 15 is 0 Å². The van der Waals surface area contributed by atoms with Crippen molar-refractivity contribution in [2.75, 3.05) is 0 Å². The summed E-state index contributed by atoms with van der Waals surface area (Å²) in [5.41, 5.74) is 7.68. The number of primary amides is 1. The van der Waals surface area contributed by atoms with Crippen LogP contribution in [0.4, 0.5) is 0 Å². The monoisotopic (exact) mass is 420 g/mol. The summed E-state index contributed by atoms with van der Waals surface area (Å²) in [5, 5.41) is 2.59. The van der Waals surface area contributed by atoms with Crippen LogP contribution in [0, 0.1) is 0 Å². The molecule has 2 amide bonds. The summed E-state index contributed by atoms with van der Waals surface area (Å²) in [6.07, 6.45) is 3.50. The predicted molar refractivity (Wildman–Crippen MR) is 110 cm³/mol. The Bertz CT molecular complexity index is 1230. The minimum absolute atomic E-state index is 0.0287.